The molecule has 2 aromatic heterocycles. The van der Waals surface area contributed by atoms with Crippen molar-refractivity contribution in [2.75, 3.05) is 43.6 Å². The summed E-state index contributed by atoms with van der Waals surface area (Å²) in [6, 6.07) is 0. The average molecular weight is 290 g/mol. The van der Waals surface area contributed by atoms with Crippen LogP contribution in [0.4, 0.5) is 11.9 Å². The molecule has 2 aromatic rings. The molecule has 1 aliphatic heterocycles. The average Bonchev–Trinajstić information content (AvgIpc) is 2.86. The predicted octanol–water partition coefficient (Wildman–Crippen LogP) is -0.0526. The van der Waals surface area contributed by atoms with Crippen LogP contribution in [0.25, 0.3) is 5.95 Å². The molecule has 112 valence electrons. The highest BCUT2D eigenvalue weighted by Gasteiger charge is 2.18. The van der Waals surface area contributed by atoms with E-state index in [2.05, 4.69) is 35.3 Å². The van der Waals surface area contributed by atoms with Crippen LogP contribution < -0.4 is 10.2 Å². The van der Waals surface area contributed by atoms with Crippen molar-refractivity contribution >= 4 is 11.9 Å². The molecule has 0 spiro atoms. The second-order valence-electron chi connectivity index (χ2n) is 4.73. The van der Waals surface area contributed by atoms with E-state index in [1.54, 1.807) is 11.7 Å². The van der Waals surface area contributed by atoms with Crippen molar-refractivity contribution in [1.82, 2.24) is 29.7 Å². The molecule has 1 aliphatic rings. The second-order valence-corrected chi connectivity index (χ2v) is 4.73. The number of hydrogen-bond donors (Lipinski definition) is 1. The van der Waals surface area contributed by atoms with Gasteiger partial charge in [-0.2, -0.15) is 19.6 Å². The van der Waals surface area contributed by atoms with E-state index in [9.17, 15) is 0 Å². The summed E-state index contributed by atoms with van der Waals surface area (Å²) in [6.45, 7) is 6.60. The Hall–Kier alpha value is -2.29. The summed E-state index contributed by atoms with van der Waals surface area (Å²) in [6.07, 6.45) is 0. The molecule has 21 heavy (non-hydrogen) atoms. The summed E-state index contributed by atoms with van der Waals surface area (Å²) in [7, 11) is 1.78. The van der Waals surface area contributed by atoms with Gasteiger partial charge in [0, 0.05) is 20.1 Å². The summed E-state index contributed by atoms with van der Waals surface area (Å²) in [4.78, 5) is 19.7. The first kappa shape index (κ1) is 13.7. The third kappa shape index (κ3) is 2.77. The van der Waals surface area contributed by atoms with Crippen LogP contribution in [0.15, 0.2) is 0 Å². The standard InChI is InChI=1S/C12H18N8O/c1-8-14-9(2)20(18-8)12-16-10(13-3)15-11(17-12)19-4-6-21-7-5-19/h4-7H2,1-3H3,(H,13,15,16,17). The first-order valence-corrected chi connectivity index (χ1v) is 6.84. The fourth-order valence-corrected chi connectivity index (χ4v) is 2.18. The van der Waals surface area contributed by atoms with E-state index < -0.39 is 0 Å². The van der Waals surface area contributed by atoms with Crippen LogP contribution in [0.1, 0.15) is 11.6 Å². The van der Waals surface area contributed by atoms with Crippen LogP contribution in [0.5, 0.6) is 0 Å². The van der Waals surface area contributed by atoms with Gasteiger partial charge in [0.1, 0.15) is 11.6 Å². The van der Waals surface area contributed by atoms with Gasteiger partial charge in [-0.05, 0) is 13.8 Å². The zero-order chi connectivity index (χ0) is 14.8. The van der Waals surface area contributed by atoms with Gasteiger partial charge in [0.25, 0.3) is 5.95 Å². The first-order chi connectivity index (χ1) is 10.2. The van der Waals surface area contributed by atoms with Gasteiger partial charge in [-0.15, -0.1) is 5.10 Å². The number of hydrogen-bond acceptors (Lipinski definition) is 8. The summed E-state index contributed by atoms with van der Waals surface area (Å²) in [5.74, 6) is 3.03. The van der Waals surface area contributed by atoms with Crippen molar-refractivity contribution < 1.29 is 4.74 Å². The van der Waals surface area contributed by atoms with Gasteiger partial charge < -0.3 is 15.0 Å². The van der Waals surface area contributed by atoms with E-state index in [-0.39, 0.29) is 0 Å². The van der Waals surface area contributed by atoms with Crippen molar-refractivity contribution in [1.29, 1.82) is 0 Å². The lowest BCUT2D eigenvalue weighted by atomic mass is 10.4. The minimum atomic E-state index is 0.467. The molecule has 9 heteroatoms. The first-order valence-electron chi connectivity index (χ1n) is 6.84. The predicted molar refractivity (Wildman–Crippen MR) is 76.8 cm³/mol. The molecular formula is C12H18N8O. The zero-order valence-electron chi connectivity index (χ0n) is 12.4. The Bertz CT molecular complexity index is 634. The molecule has 0 aromatic carbocycles. The van der Waals surface area contributed by atoms with Crippen LogP contribution >= 0.6 is 0 Å². The number of nitrogens with one attached hydrogen (secondary N) is 1. The maximum Gasteiger partial charge on any atom is 0.258 e. The number of nitrogens with zero attached hydrogens (tertiary/aromatic N) is 7. The summed E-state index contributed by atoms with van der Waals surface area (Å²) < 4.78 is 6.99. The lowest BCUT2D eigenvalue weighted by Crippen LogP contribution is -2.37. The minimum Gasteiger partial charge on any atom is -0.378 e. The third-order valence-electron chi connectivity index (χ3n) is 3.19. The zero-order valence-corrected chi connectivity index (χ0v) is 12.4. The van der Waals surface area contributed by atoms with E-state index in [1.165, 1.54) is 0 Å². The molecule has 0 bridgehead atoms. The topological polar surface area (TPSA) is 93.9 Å². The van der Waals surface area contributed by atoms with Crippen LogP contribution in [-0.2, 0) is 4.74 Å². The second kappa shape index (κ2) is 5.60. The van der Waals surface area contributed by atoms with Crippen LogP contribution in [0.3, 0.4) is 0 Å². The number of morpholine rings is 1. The Morgan fingerprint density at radius 3 is 2.33 bits per heavy atom. The normalized spacial score (nSPS) is 15.3. The van der Waals surface area contributed by atoms with E-state index >= 15 is 0 Å². The number of aryl methyl sites for hydroxylation is 2. The molecular weight excluding hydrogens is 272 g/mol. The van der Waals surface area contributed by atoms with Gasteiger partial charge in [0.2, 0.25) is 11.9 Å². The molecule has 3 heterocycles. The van der Waals surface area contributed by atoms with Crippen molar-refractivity contribution in [3.05, 3.63) is 11.6 Å². The monoisotopic (exact) mass is 290 g/mol. The molecule has 1 fully saturated rings. The van der Waals surface area contributed by atoms with Gasteiger partial charge >= 0.3 is 0 Å². The Morgan fingerprint density at radius 2 is 1.71 bits per heavy atom. The Balaban J connectivity index is 2.02. The van der Waals surface area contributed by atoms with Crippen LogP contribution in [0, 0.1) is 13.8 Å². The van der Waals surface area contributed by atoms with E-state index in [4.69, 9.17) is 4.74 Å². The highest BCUT2D eigenvalue weighted by molar-refractivity contribution is 5.40. The van der Waals surface area contributed by atoms with E-state index in [0.29, 0.717) is 36.9 Å². The molecule has 3 rings (SSSR count). The summed E-state index contributed by atoms with van der Waals surface area (Å²) in [5.41, 5.74) is 0. The number of aromatic nitrogens is 6. The lowest BCUT2D eigenvalue weighted by molar-refractivity contribution is 0.122. The molecule has 1 N–H and O–H groups in total. The molecule has 0 radical (unpaired) electrons. The number of rotatable bonds is 3. The molecule has 0 atom stereocenters. The Labute approximate surface area is 122 Å². The molecule has 0 aliphatic carbocycles. The van der Waals surface area contributed by atoms with Crippen LogP contribution in [-0.4, -0.2) is 63.1 Å². The lowest BCUT2D eigenvalue weighted by Gasteiger charge is -2.27. The smallest absolute Gasteiger partial charge is 0.258 e. The van der Waals surface area contributed by atoms with Gasteiger partial charge in [-0.1, -0.05) is 0 Å². The van der Waals surface area contributed by atoms with Crippen molar-refractivity contribution in [2.24, 2.45) is 0 Å². The molecule has 0 saturated carbocycles. The SMILES string of the molecule is CNc1nc(N2CCOCC2)nc(-n2nc(C)nc2C)n1. The maximum atomic E-state index is 5.36. The van der Waals surface area contributed by atoms with Crippen molar-refractivity contribution in [2.45, 2.75) is 13.8 Å². The van der Waals surface area contributed by atoms with Gasteiger partial charge in [0.15, 0.2) is 0 Å². The third-order valence-corrected chi connectivity index (χ3v) is 3.19. The number of ether oxygens (including phenoxy) is 1. The fourth-order valence-electron chi connectivity index (χ4n) is 2.18. The molecule has 0 unspecified atom stereocenters. The minimum absolute atomic E-state index is 0.467. The van der Waals surface area contributed by atoms with Gasteiger partial charge in [-0.3, -0.25) is 0 Å². The highest BCUT2D eigenvalue weighted by Crippen LogP contribution is 2.15. The van der Waals surface area contributed by atoms with Crippen LogP contribution in [0.2, 0.25) is 0 Å². The van der Waals surface area contributed by atoms with E-state index in [1.807, 2.05) is 13.8 Å². The highest BCUT2D eigenvalue weighted by atomic mass is 16.5. The van der Waals surface area contributed by atoms with E-state index in [0.717, 1.165) is 18.9 Å². The van der Waals surface area contributed by atoms with Crippen molar-refractivity contribution in [3.8, 4) is 5.95 Å². The fraction of sp³-hybridized carbons (Fsp3) is 0.583. The van der Waals surface area contributed by atoms with Gasteiger partial charge in [0.05, 0.1) is 13.2 Å². The summed E-state index contributed by atoms with van der Waals surface area (Å²) in [5, 5.41) is 7.29. The quantitative estimate of drug-likeness (QED) is 0.840. The largest absolute Gasteiger partial charge is 0.378 e. The maximum absolute atomic E-state index is 5.36. The molecule has 0 amide bonds. The molecule has 9 nitrogen and oxygen atoms in total. The van der Waals surface area contributed by atoms with Gasteiger partial charge in [-0.25, -0.2) is 4.98 Å². The Morgan fingerprint density at radius 1 is 1.00 bits per heavy atom. The number of anilines is 2. The van der Waals surface area contributed by atoms with Crippen molar-refractivity contribution in [3.63, 3.8) is 0 Å². The summed E-state index contributed by atoms with van der Waals surface area (Å²) >= 11 is 0. The Kier molecular flexibility index (Phi) is 3.65. The molecule has 1 saturated heterocycles.